The minimum absolute atomic E-state index is 0.0229. The van der Waals surface area contributed by atoms with E-state index in [0.29, 0.717) is 18.1 Å². The number of aryl methyl sites for hydroxylation is 3. The molecular weight excluding hydrogens is 270 g/mol. The Kier molecular flexibility index (Phi) is 4.42. The monoisotopic (exact) mass is 289 g/mol. The largest absolute Gasteiger partial charge is 0.477 e. The van der Waals surface area contributed by atoms with Crippen LogP contribution in [0, 0.1) is 13.8 Å². The van der Waals surface area contributed by atoms with E-state index in [2.05, 4.69) is 15.4 Å². The first kappa shape index (κ1) is 14.8. The third kappa shape index (κ3) is 3.71. The van der Waals surface area contributed by atoms with E-state index in [1.807, 2.05) is 24.6 Å². The van der Waals surface area contributed by atoms with Crippen molar-refractivity contribution in [3.05, 3.63) is 35.3 Å². The summed E-state index contributed by atoms with van der Waals surface area (Å²) in [5, 5.41) is 16.4. The summed E-state index contributed by atoms with van der Waals surface area (Å²) < 4.78 is 1.95. The molecule has 0 amide bonds. The lowest BCUT2D eigenvalue weighted by atomic mass is 10.3. The van der Waals surface area contributed by atoms with Gasteiger partial charge in [-0.2, -0.15) is 5.10 Å². The zero-order valence-corrected chi connectivity index (χ0v) is 12.1. The van der Waals surface area contributed by atoms with Crippen LogP contribution in [0.15, 0.2) is 18.2 Å². The first-order valence-corrected chi connectivity index (χ1v) is 6.72. The number of rotatable bonds is 6. The smallest absolute Gasteiger partial charge is 0.354 e. The van der Waals surface area contributed by atoms with Crippen molar-refractivity contribution in [1.82, 2.24) is 14.8 Å². The molecule has 0 unspecified atom stereocenters. The number of anilines is 2. The molecule has 0 fully saturated rings. The van der Waals surface area contributed by atoms with E-state index < -0.39 is 5.97 Å². The predicted molar refractivity (Wildman–Crippen MR) is 80.4 cm³/mol. The number of hydrogen-bond acceptors (Lipinski definition) is 5. The second-order valence-corrected chi connectivity index (χ2v) is 4.87. The van der Waals surface area contributed by atoms with Crippen molar-refractivity contribution >= 4 is 17.5 Å². The van der Waals surface area contributed by atoms with Crippen molar-refractivity contribution in [2.75, 3.05) is 17.6 Å². The van der Waals surface area contributed by atoms with E-state index in [-0.39, 0.29) is 5.69 Å². The van der Waals surface area contributed by atoms with E-state index in [1.165, 1.54) is 6.07 Å². The Labute approximate surface area is 122 Å². The highest BCUT2D eigenvalue weighted by molar-refractivity contribution is 5.86. The number of carboxylic acids is 1. The Hall–Kier alpha value is -2.57. The van der Waals surface area contributed by atoms with Crippen LogP contribution in [0.1, 0.15) is 28.3 Å². The molecule has 2 aromatic heterocycles. The second kappa shape index (κ2) is 6.25. The molecule has 0 bridgehead atoms. The van der Waals surface area contributed by atoms with E-state index in [4.69, 9.17) is 10.8 Å². The molecule has 4 N–H and O–H groups in total. The average molecular weight is 289 g/mol. The summed E-state index contributed by atoms with van der Waals surface area (Å²) in [5.41, 5.74) is 8.31. The minimum Gasteiger partial charge on any atom is -0.477 e. The standard InChI is InChI=1S/C14H19N5O2/c1-9-8-10(2)19(18-9)7-3-6-16-13-11(15)4-5-12(17-13)14(20)21/h4-5,8H,3,6-7,15H2,1-2H3,(H,16,17)(H,20,21). The SMILES string of the molecule is Cc1cc(C)n(CCCNc2nc(C(=O)O)ccc2N)n1. The molecule has 0 spiro atoms. The molecule has 0 aliphatic carbocycles. The van der Waals surface area contributed by atoms with Gasteiger partial charge in [0.2, 0.25) is 0 Å². The van der Waals surface area contributed by atoms with Crippen molar-refractivity contribution in [2.45, 2.75) is 26.8 Å². The molecule has 7 nitrogen and oxygen atoms in total. The number of aromatic nitrogens is 3. The maximum absolute atomic E-state index is 10.9. The van der Waals surface area contributed by atoms with Crippen molar-refractivity contribution < 1.29 is 9.90 Å². The van der Waals surface area contributed by atoms with Crippen LogP contribution < -0.4 is 11.1 Å². The van der Waals surface area contributed by atoms with Crippen LogP contribution >= 0.6 is 0 Å². The normalized spacial score (nSPS) is 10.6. The molecule has 0 aliphatic heterocycles. The molecule has 0 atom stereocenters. The summed E-state index contributed by atoms with van der Waals surface area (Å²) in [6.45, 7) is 5.40. The quantitative estimate of drug-likeness (QED) is 0.699. The molecule has 0 aliphatic rings. The predicted octanol–water partition coefficient (Wildman–Crippen LogP) is 1.68. The second-order valence-electron chi connectivity index (χ2n) is 4.87. The molecule has 112 valence electrons. The van der Waals surface area contributed by atoms with E-state index in [9.17, 15) is 4.79 Å². The first-order chi connectivity index (χ1) is 9.97. The average Bonchev–Trinajstić information content (AvgIpc) is 2.74. The number of pyridine rings is 1. The van der Waals surface area contributed by atoms with Gasteiger partial charge >= 0.3 is 5.97 Å². The van der Waals surface area contributed by atoms with Gasteiger partial charge in [-0.25, -0.2) is 9.78 Å². The number of nitrogens with one attached hydrogen (secondary N) is 1. The highest BCUT2D eigenvalue weighted by atomic mass is 16.4. The summed E-state index contributed by atoms with van der Waals surface area (Å²) in [5.74, 6) is -0.663. The molecular formula is C14H19N5O2. The highest BCUT2D eigenvalue weighted by Gasteiger charge is 2.08. The number of carboxylic acid groups (broad SMARTS) is 1. The number of nitrogens with two attached hydrogens (primary N) is 1. The molecule has 7 heteroatoms. The van der Waals surface area contributed by atoms with Gasteiger partial charge in [0.1, 0.15) is 5.82 Å². The van der Waals surface area contributed by atoms with E-state index in [0.717, 1.165) is 24.4 Å². The van der Waals surface area contributed by atoms with Crippen LogP contribution in [0.25, 0.3) is 0 Å². The Morgan fingerprint density at radius 1 is 1.43 bits per heavy atom. The van der Waals surface area contributed by atoms with E-state index >= 15 is 0 Å². The molecule has 2 aromatic rings. The number of nitrogen functional groups attached to an aromatic ring is 1. The molecule has 2 rings (SSSR count). The Balaban J connectivity index is 1.90. The Morgan fingerprint density at radius 2 is 2.19 bits per heavy atom. The lowest BCUT2D eigenvalue weighted by Crippen LogP contribution is -2.12. The van der Waals surface area contributed by atoms with Crippen LogP contribution in [0.3, 0.4) is 0 Å². The molecule has 0 saturated carbocycles. The number of aromatic carboxylic acids is 1. The van der Waals surface area contributed by atoms with Crippen LogP contribution in [-0.4, -0.2) is 32.4 Å². The van der Waals surface area contributed by atoms with Gasteiger partial charge in [0.05, 0.1) is 11.4 Å². The number of hydrogen-bond donors (Lipinski definition) is 3. The van der Waals surface area contributed by atoms with Crippen molar-refractivity contribution in [1.29, 1.82) is 0 Å². The van der Waals surface area contributed by atoms with Gasteiger partial charge in [-0.05, 0) is 38.5 Å². The topological polar surface area (TPSA) is 106 Å². The van der Waals surface area contributed by atoms with Crippen LogP contribution in [0.4, 0.5) is 11.5 Å². The van der Waals surface area contributed by atoms with Gasteiger partial charge < -0.3 is 16.2 Å². The lowest BCUT2D eigenvalue weighted by Gasteiger charge is -2.09. The summed E-state index contributed by atoms with van der Waals surface area (Å²) in [6, 6.07) is 4.96. The van der Waals surface area contributed by atoms with Gasteiger partial charge in [-0.15, -0.1) is 0 Å². The fourth-order valence-corrected chi connectivity index (χ4v) is 2.07. The fraction of sp³-hybridized carbons (Fsp3) is 0.357. The Bertz CT molecular complexity index is 651. The third-order valence-corrected chi connectivity index (χ3v) is 3.09. The summed E-state index contributed by atoms with van der Waals surface area (Å²) in [6.07, 6.45) is 0.834. The third-order valence-electron chi connectivity index (χ3n) is 3.09. The molecule has 0 radical (unpaired) electrons. The number of carbonyl (C=O) groups is 1. The summed E-state index contributed by atoms with van der Waals surface area (Å²) >= 11 is 0. The number of nitrogens with zero attached hydrogens (tertiary/aromatic N) is 3. The van der Waals surface area contributed by atoms with Gasteiger partial charge in [0.15, 0.2) is 5.69 Å². The summed E-state index contributed by atoms with van der Waals surface area (Å²) in [7, 11) is 0. The van der Waals surface area contributed by atoms with Crippen LogP contribution in [0.2, 0.25) is 0 Å². The van der Waals surface area contributed by atoms with Crippen LogP contribution in [-0.2, 0) is 6.54 Å². The first-order valence-electron chi connectivity index (χ1n) is 6.72. The molecule has 0 aromatic carbocycles. The minimum atomic E-state index is -1.07. The van der Waals surface area contributed by atoms with E-state index in [1.54, 1.807) is 6.07 Å². The Morgan fingerprint density at radius 3 is 2.81 bits per heavy atom. The molecule has 0 saturated heterocycles. The molecule has 2 heterocycles. The highest BCUT2D eigenvalue weighted by Crippen LogP contribution is 2.15. The zero-order chi connectivity index (χ0) is 15.4. The zero-order valence-electron chi connectivity index (χ0n) is 12.1. The van der Waals surface area contributed by atoms with Crippen molar-refractivity contribution in [3.8, 4) is 0 Å². The maximum Gasteiger partial charge on any atom is 0.354 e. The van der Waals surface area contributed by atoms with Crippen molar-refractivity contribution in [2.24, 2.45) is 0 Å². The summed E-state index contributed by atoms with van der Waals surface area (Å²) in [4.78, 5) is 14.9. The van der Waals surface area contributed by atoms with Gasteiger partial charge in [0.25, 0.3) is 0 Å². The van der Waals surface area contributed by atoms with Gasteiger partial charge in [-0.1, -0.05) is 0 Å². The lowest BCUT2D eigenvalue weighted by molar-refractivity contribution is 0.0690. The molecule has 21 heavy (non-hydrogen) atoms. The van der Waals surface area contributed by atoms with Crippen molar-refractivity contribution in [3.63, 3.8) is 0 Å². The maximum atomic E-state index is 10.9. The van der Waals surface area contributed by atoms with Gasteiger partial charge in [0, 0.05) is 18.8 Å². The van der Waals surface area contributed by atoms with Crippen LogP contribution in [0.5, 0.6) is 0 Å². The van der Waals surface area contributed by atoms with Gasteiger partial charge in [-0.3, -0.25) is 4.68 Å². The fourth-order valence-electron chi connectivity index (χ4n) is 2.07.